The summed E-state index contributed by atoms with van der Waals surface area (Å²) >= 11 is 2.16. The fraction of sp³-hybridized carbons (Fsp3) is 0.111. The minimum Gasteiger partial charge on any atom is -0.463 e. The third-order valence-corrected chi connectivity index (χ3v) is 2.88. The van der Waals surface area contributed by atoms with Crippen molar-refractivity contribution in [2.24, 2.45) is 0 Å². The van der Waals surface area contributed by atoms with Crippen molar-refractivity contribution in [3.05, 3.63) is 22.0 Å². The molecule has 6 heteroatoms. The smallest absolute Gasteiger partial charge is 0.222 e. The molecule has 3 N–H and O–H groups in total. The molecule has 0 fully saturated rings. The molecule has 0 amide bonds. The second-order valence-corrected chi connectivity index (χ2v) is 3.90. The Hall–Kier alpha value is -1.31. The molecule has 2 aromatic rings. The van der Waals surface area contributed by atoms with Crippen LogP contribution in [0.1, 0.15) is 0 Å². The summed E-state index contributed by atoms with van der Waals surface area (Å²) in [5.74, 6) is 1.62. The molecule has 0 aliphatic heterocycles. The number of nitrogen functional groups attached to an aromatic ring is 1. The first kappa shape index (κ1) is 10.2. The van der Waals surface area contributed by atoms with Crippen molar-refractivity contribution in [1.29, 1.82) is 0 Å². The van der Waals surface area contributed by atoms with Gasteiger partial charge in [0.2, 0.25) is 5.95 Å². The fourth-order valence-electron chi connectivity index (χ4n) is 1.21. The normalized spacial score (nSPS) is 10.3. The van der Waals surface area contributed by atoms with E-state index in [1.807, 2.05) is 12.1 Å². The number of furan rings is 1. The van der Waals surface area contributed by atoms with Crippen molar-refractivity contribution < 1.29 is 4.42 Å². The lowest BCUT2D eigenvalue weighted by Crippen LogP contribution is -2.04. The number of anilines is 2. The lowest BCUT2D eigenvalue weighted by Gasteiger charge is -2.06. The van der Waals surface area contributed by atoms with Crippen LogP contribution in [0.5, 0.6) is 0 Å². The van der Waals surface area contributed by atoms with E-state index in [-0.39, 0.29) is 5.95 Å². The molecule has 0 aliphatic carbocycles. The second-order valence-electron chi connectivity index (χ2n) is 2.82. The largest absolute Gasteiger partial charge is 0.463 e. The summed E-state index contributed by atoms with van der Waals surface area (Å²) in [6.45, 7) is 0. The van der Waals surface area contributed by atoms with Crippen LogP contribution in [0.3, 0.4) is 0 Å². The van der Waals surface area contributed by atoms with Gasteiger partial charge in [0.25, 0.3) is 0 Å². The Morgan fingerprint density at radius 1 is 1.47 bits per heavy atom. The van der Waals surface area contributed by atoms with Crippen LogP contribution in [-0.4, -0.2) is 17.0 Å². The fourth-order valence-corrected chi connectivity index (χ4v) is 1.98. The van der Waals surface area contributed by atoms with Crippen LogP contribution in [0.4, 0.5) is 11.8 Å². The minimum atomic E-state index is 0.228. The zero-order valence-corrected chi connectivity index (χ0v) is 10.1. The number of hydrogen-bond donors (Lipinski definition) is 2. The Bertz CT molecular complexity index is 469. The van der Waals surface area contributed by atoms with Gasteiger partial charge in [0.05, 0.1) is 9.83 Å². The first-order chi connectivity index (χ1) is 7.22. The van der Waals surface area contributed by atoms with Crippen LogP contribution >= 0.6 is 22.6 Å². The van der Waals surface area contributed by atoms with Gasteiger partial charge in [-0.3, -0.25) is 0 Å². The quantitative estimate of drug-likeness (QED) is 0.828. The molecule has 78 valence electrons. The first-order valence-corrected chi connectivity index (χ1v) is 5.35. The highest BCUT2D eigenvalue weighted by atomic mass is 127. The molecule has 0 unspecified atom stereocenters. The average molecular weight is 316 g/mol. The number of nitrogens with one attached hydrogen (secondary N) is 1. The zero-order chi connectivity index (χ0) is 10.8. The zero-order valence-electron chi connectivity index (χ0n) is 7.99. The molecule has 0 spiro atoms. The topological polar surface area (TPSA) is 77.0 Å². The van der Waals surface area contributed by atoms with Crippen LogP contribution in [-0.2, 0) is 0 Å². The summed E-state index contributed by atoms with van der Waals surface area (Å²) in [7, 11) is 1.79. The lowest BCUT2D eigenvalue weighted by molar-refractivity contribution is 0.579. The Morgan fingerprint density at radius 2 is 2.27 bits per heavy atom. The molecular weight excluding hydrogens is 307 g/mol. The molecule has 0 bridgehead atoms. The van der Waals surface area contributed by atoms with E-state index in [1.165, 1.54) is 0 Å². The summed E-state index contributed by atoms with van der Waals surface area (Å²) in [6, 6.07) is 3.64. The molecule has 0 saturated carbocycles. The van der Waals surface area contributed by atoms with Crippen LogP contribution in [0.25, 0.3) is 11.5 Å². The minimum absolute atomic E-state index is 0.228. The number of aromatic nitrogens is 2. The molecule has 2 rings (SSSR count). The second kappa shape index (κ2) is 4.05. The Morgan fingerprint density at radius 3 is 2.87 bits per heavy atom. The van der Waals surface area contributed by atoms with Gasteiger partial charge < -0.3 is 15.5 Å². The van der Waals surface area contributed by atoms with E-state index in [0.717, 1.165) is 3.57 Å². The average Bonchev–Trinajstić information content (AvgIpc) is 2.74. The summed E-state index contributed by atoms with van der Waals surface area (Å²) in [5.41, 5.74) is 6.31. The van der Waals surface area contributed by atoms with Crippen molar-refractivity contribution in [1.82, 2.24) is 9.97 Å². The number of hydrogen-bond acceptors (Lipinski definition) is 5. The van der Waals surface area contributed by atoms with E-state index in [2.05, 4.69) is 37.9 Å². The number of nitrogens with zero attached hydrogens (tertiary/aromatic N) is 2. The molecule has 0 radical (unpaired) electrons. The van der Waals surface area contributed by atoms with Crippen molar-refractivity contribution in [2.75, 3.05) is 18.1 Å². The van der Waals surface area contributed by atoms with E-state index in [0.29, 0.717) is 17.3 Å². The molecule has 0 aromatic carbocycles. The maximum absolute atomic E-state index is 5.60. The van der Waals surface area contributed by atoms with Crippen molar-refractivity contribution in [3.8, 4) is 11.5 Å². The van der Waals surface area contributed by atoms with E-state index in [1.54, 1.807) is 13.3 Å². The molecule has 2 heterocycles. The predicted octanol–water partition coefficient (Wildman–Crippen LogP) is 1.97. The summed E-state index contributed by atoms with van der Waals surface area (Å²) in [5, 5.41) is 2.96. The molecule has 15 heavy (non-hydrogen) atoms. The Kier molecular flexibility index (Phi) is 2.76. The van der Waals surface area contributed by atoms with Gasteiger partial charge in [-0.15, -0.1) is 0 Å². The Balaban J connectivity index is 2.61. The van der Waals surface area contributed by atoms with E-state index < -0.39 is 0 Å². The monoisotopic (exact) mass is 316 g/mol. The van der Waals surface area contributed by atoms with E-state index in [9.17, 15) is 0 Å². The van der Waals surface area contributed by atoms with Crippen LogP contribution in [0, 0.1) is 3.57 Å². The molecule has 5 nitrogen and oxygen atoms in total. The highest BCUT2D eigenvalue weighted by Crippen LogP contribution is 2.28. The predicted molar refractivity (Wildman–Crippen MR) is 66.4 cm³/mol. The van der Waals surface area contributed by atoms with Gasteiger partial charge in [-0.05, 0) is 34.7 Å². The van der Waals surface area contributed by atoms with E-state index >= 15 is 0 Å². The standard InChI is InChI=1S/C9H9IN4O/c1-12-8-6(10)7(13-9(11)14-8)5-3-2-4-15-5/h2-4H,1H3,(H3,11,12,13,14). The first-order valence-electron chi connectivity index (χ1n) is 4.27. The van der Waals surface area contributed by atoms with Crippen LogP contribution < -0.4 is 11.1 Å². The summed E-state index contributed by atoms with van der Waals surface area (Å²) < 4.78 is 6.16. The summed E-state index contributed by atoms with van der Waals surface area (Å²) in [4.78, 5) is 8.22. The van der Waals surface area contributed by atoms with Gasteiger partial charge in [0, 0.05) is 7.05 Å². The third kappa shape index (κ3) is 1.89. The van der Waals surface area contributed by atoms with Crippen molar-refractivity contribution >= 4 is 34.4 Å². The molecule has 0 atom stereocenters. The van der Waals surface area contributed by atoms with Gasteiger partial charge >= 0.3 is 0 Å². The van der Waals surface area contributed by atoms with Gasteiger partial charge in [0.15, 0.2) is 5.76 Å². The summed E-state index contributed by atoms with van der Waals surface area (Å²) in [6.07, 6.45) is 1.60. The number of rotatable bonds is 2. The van der Waals surface area contributed by atoms with Gasteiger partial charge in [0.1, 0.15) is 11.5 Å². The molecular formula is C9H9IN4O. The highest BCUT2D eigenvalue weighted by Gasteiger charge is 2.13. The SMILES string of the molecule is CNc1nc(N)nc(-c2ccco2)c1I. The maximum atomic E-state index is 5.60. The van der Waals surface area contributed by atoms with Gasteiger partial charge in [-0.1, -0.05) is 0 Å². The van der Waals surface area contributed by atoms with Gasteiger partial charge in [-0.25, -0.2) is 4.98 Å². The highest BCUT2D eigenvalue weighted by molar-refractivity contribution is 14.1. The van der Waals surface area contributed by atoms with Crippen LogP contribution in [0.15, 0.2) is 22.8 Å². The molecule has 2 aromatic heterocycles. The lowest BCUT2D eigenvalue weighted by atomic mass is 10.3. The number of nitrogens with two attached hydrogens (primary N) is 1. The Labute approximate surface area is 100 Å². The van der Waals surface area contributed by atoms with Crippen molar-refractivity contribution in [3.63, 3.8) is 0 Å². The van der Waals surface area contributed by atoms with E-state index in [4.69, 9.17) is 10.2 Å². The molecule has 0 aliphatic rings. The van der Waals surface area contributed by atoms with Crippen molar-refractivity contribution in [2.45, 2.75) is 0 Å². The third-order valence-electron chi connectivity index (χ3n) is 1.86. The molecule has 0 saturated heterocycles. The number of halogens is 1. The van der Waals surface area contributed by atoms with Gasteiger partial charge in [-0.2, -0.15) is 4.98 Å². The van der Waals surface area contributed by atoms with Crippen LogP contribution in [0.2, 0.25) is 0 Å². The maximum Gasteiger partial charge on any atom is 0.222 e.